The SMILES string of the molecule is CCN1C(=O)N(c2c(F)cc(NCCN)cc2F)c2cc(Cl)ccc2-c2c1ncc(Cl)c2C. The summed E-state index contributed by atoms with van der Waals surface area (Å²) in [5, 5.41) is 3.54. The summed E-state index contributed by atoms with van der Waals surface area (Å²) < 4.78 is 30.7. The fraction of sp³-hybridized carbons (Fsp3) is 0.217. The summed E-state index contributed by atoms with van der Waals surface area (Å²) in [7, 11) is 0. The number of carbonyl (C=O) groups is 1. The normalized spacial score (nSPS) is 13.0. The average molecular weight is 492 g/mol. The number of pyridine rings is 1. The van der Waals surface area contributed by atoms with Gasteiger partial charge in [-0.3, -0.25) is 9.80 Å². The fourth-order valence-electron chi connectivity index (χ4n) is 3.91. The van der Waals surface area contributed by atoms with Crippen molar-refractivity contribution >= 4 is 52.1 Å². The Labute approximate surface area is 199 Å². The zero-order valence-corrected chi connectivity index (χ0v) is 19.4. The zero-order valence-electron chi connectivity index (χ0n) is 17.9. The van der Waals surface area contributed by atoms with E-state index in [0.29, 0.717) is 45.6 Å². The van der Waals surface area contributed by atoms with Gasteiger partial charge in [0, 0.05) is 47.7 Å². The van der Waals surface area contributed by atoms with Crippen LogP contribution in [0.15, 0.2) is 36.5 Å². The number of carbonyl (C=O) groups excluding carboxylic acids is 1. The molecule has 0 radical (unpaired) electrons. The second kappa shape index (κ2) is 9.13. The van der Waals surface area contributed by atoms with Crippen LogP contribution in [0.4, 0.5) is 36.5 Å². The Morgan fingerprint density at radius 2 is 1.85 bits per heavy atom. The molecule has 1 aliphatic rings. The summed E-state index contributed by atoms with van der Waals surface area (Å²) in [4.78, 5) is 20.5. The summed E-state index contributed by atoms with van der Waals surface area (Å²) >= 11 is 12.6. The standard InChI is InChI=1S/C23H21Cl2F2N5O/c1-3-31-22-20(12(2)16(25)11-30-22)15-5-4-13(24)8-19(15)32(23(31)33)21-17(26)9-14(10-18(21)27)29-7-6-28/h4-5,8-11,29H,3,6-7,28H2,1-2H3. The van der Waals surface area contributed by atoms with E-state index < -0.39 is 23.4 Å². The topological polar surface area (TPSA) is 74.5 Å². The molecule has 172 valence electrons. The highest BCUT2D eigenvalue weighted by Gasteiger charge is 2.37. The number of amides is 2. The highest BCUT2D eigenvalue weighted by atomic mass is 35.5. The first-order valence-corrected chi connectivity index (χ1v) is 11.0. The van der Waals surface area contributed by atoms with E-state index >= 15 is 8.78 Å². The molecular formula is C23H21Cl2F2N5O. The minimum absolute atomic E-state index is 0.206. The zero-order chi connectivity index (χ0) is 23.9. The van der Waals surface area contributed by atoms with Gasteiger partial charge in [-0.05, 0) is 43.7 Å². The monoisotopic (exact) mass is 491 g/mol. The largest absolute Gasteiger partial charge is 0.384 e. The molecule has 2 amide bonds. The lowest BCUT2D eigenvalue weighted by Gasteiger charge is -2.28. The van der Waals surface area contributed by atoms with E-state index in [0.717, 1.165) is 17.0 Å². The molecule has 0 unspecified atom stereocenters. The Hall–Kier alpha value is -2.94. The second-order valence-corrected chi connectivity index (χ2v) is 8.30. The van der Waals surface area contributed by atoms with E-state index in [9.17, 15) is 4.79 Å². The van der Waals surface area contributed by atoms with Crippen LogP contribution < -0.4 is 20.9 Å². The number of aromatic nitrogens is 1. The van der Waals surface area contributed by atoms with Gasteiger partial charge >= 0.3 is 6.03 Å². The Morgan fingerprint density at radius 1 is 1.15 bits per heavy atom. The van der Waals surface area contributed by atoms with Crippen LogP contribution in [0, 0.1) is 18.6 Å². The Bertz CT molecular complexity index is 1230. The summed E-state index contributed by atoms with van der Waals surface area (Å²) in [6.45, 7) is 4.39. The van der Waals surface area contributed by atoms with Crippen LogP contribution in [-0.2, 0) is 0 Å². The minimum atomic E-state index is -0.918. The van der Waals surface area contributed by atoms with Crippen LogP contribution >= 0.6 is 23.2 Å². The molecule has 2 aromatic carbocycles. The van der Waals surface area contributed by atoms with E-state index in [-0.39, 0.29) is 17.9 Å². The molecular weight excluding hydrogens is 471 g/mol. The maximum atomic E-state index is 15.3. The minimum Gasteiger partial charge on any atom is -0.384 e. The fourth-order valence-corrected chi connectivity index (χ4v) is 4.22. The van der Waals surface area contributed by atoms with Gasteiger partial charge in [0.15, 0.2) is 11.6 Å². The Morgan fingerprint density at radius 3 is 2.48 bits per heavy atom. The molecule has 0 aliphatic carbocycles. The quantitative estimate of drug-likeness (QED) is 0.451. The first kappa shape index (κ1) is 23.2. The van der Waals surface area contributed by atoms with E-state index in [1.54, 1.807) is 26.0 Å². The lowest BCUT2D eigenvalue weighted by Crippen LogP contribution is -2.41. The van der Waals surface area contributed by atoms with Gasteiger partial charge in [-0.25, -0.2) is 18.6 Å². The van der Waals surface area contributed by atoms with Crippen LogP contribution in [0.2, 0.25) is 10.0 Å². The number of benzene rings is 2. The van der Waals surface area contributed by atoms with E-state index in [4.69, 9.17) is 28.9 Å². The van der Waals surface area contributed by atoms with Crippen molar-refractivity contribution in [1.29, 1.82) is 0 Å². The number of fused-ring (bicyclic) bond motifs is 3. The summed E-state index contributed by atoms with van der Waals surface area (Å²) in [5.41, 5.74) is 7.18. The lowest BCUT2D eigenvalue weighted by molar-refractivity contribution is 0.253. The predicted molar refractivity (Wildman–Crippen MR) is 129 cm³/mol. The predicted octanol–water partition coefficient (Wildman–Crippen LogP) is 6.11. The average Bonchev–Trinajstić information content (AvgIpc) is 2.87. The van der Waals surface area contributed by atoms with E-state index in [2.05, 4.69) is 10.3 Å². The van der Waals surface area contributed by atoms with Crippen molar-refractivity contribution in [3.05, 3.63) is 63.8 Å². The van der Waals surface area contributed by atoms with Gasteiger partial charge in [0.2, 0.25) is 0 Å². The maximum absolute atomic E-state index is 15.3. The number of urea groups is 1. The van der Waals surface area contributed by atoms with Crippen molar-refractivity contribution in [1.82, 2.24) is 4.98 Å². The number of halogens is 4. The van der Waals surface area contributed by atoms with Crippen LogP contribution in [0.1, 0.15) is 12.5 Å². The smallest absolute Gasteiger partial charge is 0.334 e. The van der Waals surface area contributed by atoms with Crippen molar-refractivity contribution in [3.8, 4) is 11.1 Å². The molecule has 4 rings (SSSR count). The highest BCUT2D eigenvalue weighted by molar-refractivity contribution is 6.32. The molecule has 1 aromatic heterocycles. The number of anilines is 4. The number of hydrogen-bond donors (Lipinski definition) is 2. The highest BCUT2D eigenvalue weighted by Crippen LogP contribution is 2.47. The summed E-state index contributed by atoms with van der Waals surface area (Å²) in [6.07, 6.45) is 1.45. The van der Waals surface area contributed by atoms with Crippen molar-refractivity contribution in [3.63, 3.8) is 0 Å². The van der Waals surface area contributed by atoms with E-state index in [1.165, 1.54) is 17.2 Å². The number of hydrogen-bond acceptors (Lipinski definition) is 4. The molecule has 6 nitrogen and oxygen atoms in total. The van der Waals surface area contributed by atoms with Gasteiger partial charge in [0.1, 0.15) is 11.5 Å². The van der Waals surface area contributed by atoms with Crippen LogP contribution in [0.25, 0.3) is 11.1 Å². The first-order valence-electron chi connectivity index (χ1n) is 10.3. The maximum Gasteiger partial charge on any atom is 0.334 e. The van der Waals surface area contributed by atoms with Gasteiger partial charge in [-0.15, -0.1) is 0 Å². The van der Waals surface area contributed by atoms with Gasteiger partial charge in [0.25, 0.3) is 0 Å². The first-order chi connectivity index (χ1) is 15.8. The molecule has 0 saturated carbocycles. The molecule has 10 heteroatoms. The van der Waals surface area contributed by atoms with Gasteiger partial charge in [-0.2, -0.15) is 0 Å². The third kappa shape index (κ3) is 3.99. The number of nitrogens with two attached hydrogens (primary N) is 1. The van der Waals surface area contributed by atoms with Crippen LogP contribution in [0.5, 0.6) is 0 Å². The van der Waals surface area contributed by atoms with Gasteiger partial charge in [-0.1, -0.05) is 29.3 Å². The van der Waals surface area contributed by atoms with Crippen molar-refractivity contribution in [2.75, 3.05) is 34.8 Å². The van der Waals surface area contributed by atoms with Crippen molar-refractivity contribution in [2.24, 2.45) is 5.73 Å². The van der Waals surface area contributed by atoms with Crippen molar-refractivity contribution in [2.45, 2.75) is 13.8 Å². The number of nitrogens with zero attached hydrogens (tertiary/aromatic N) is 3. The summed E-state index contributed by atoms with van der Waals surface area (Å²) in [6, 6.07) is 6.40. The van der Waals surface area contributed by atoms with Crippen LogP contribution in [-0.4, -0.2) is 30.6 Å². The molecule has 3 N–H and O–H groups in total. The molecule has 0 fully saturated rings. The van der Waals surface area contributed by atoms with Gasteiger partial charge < -0.3 is 11.1 Å². The summed E-state index contributed by atoms with van der Waals surface area (Å²) in [5.74, 6) is -1.49. The number of nitrogens with one attached hydrogen (secondary N) is 1. The Balaban J connectivity index is 2.02. The molecule has 1 aliphatic heterocycles. The molecule has 2 heterocycles. The Kier molecular flexibility index (Phi) is 6.43. The molecule has 0 atom stereocenters. The lowest BCUT2D eigenvalue weighted by atomic mass is 9.99. The molecule has 0 spiro atoms. The number of rotatable bonds is 5. The molecule has 3 aromatic rings. The van der Waals surface area contributed by atoms with Gasteiger partial charge in [0.05, 0.1) is 10.7 Å². The van der Waals surface area contributed by atoms with E-state index in [1.807, 2.05) is 0 Å². The van der Waals surface area contributed by atoms with Crippen LogP contribution in [0.3, 0.4) is 0 Å². The third-order valence-electron chi connectivity index (χ3n) is 5.44. The molecule has 0 bridgehead atoms. The van der Waals surface area contributed by atoms with Crippen molar-refractivity contribution < 1.29 is 13.6 Å². The molecule has 0 saturated heterocycles. The third-order valence-corrected chi connectivity index (χ3v) is 6.05. The molecule has 33 heavy (non-hydrogen) atoms. The second-order valence-electron chi connectivity index (χ2n) is 7.46.